The van der Waals surface area contributed by atoms with E-state index < -0.39 is 4.92 Å². The van der Waals surface area contributed by atoms with Gasteiger partial charge in [0, 0.05) is 23.1 Å². The molecule has 7 nitrogen and oxygen atoms in total. The van der Waals surface area contributed by atoms with Crippen molar-refractivity contribution in [1.82, 2.24) is 4.98 Å². The van der Waals surface area contributed by atoms with Crippen molar-refractivity contribution >= 4 is 28.6 Å². The summed E-state index contributed by atoms with van der Waals surface area (Å²) in [7, 11) is 0. The number of hydrogen-bond donors (Lipinski definition) is 2. The summed E-state index contributed by atoms with van der Waals surface area (Å²) in [4.78, 5) is 14.7. The molecule has 0 unspecified atom stereocenters. The first-order valence-corrected chi connectivity index (χ1v) is 7.17. The smallest absolute Gasteiger partial charge is 0.270 e. The third kappa shape index (κ3) is 3.14. The van der Waals surface area contributed by atoms with Crippen LogP contribution in [0.15, 0.2) is 53.6 Å². The first-order chi connectivity index (χ1) is 11.5. The van der Waals surface area contributed by atoms with E-state index in [-0.39, 0.29) is 17.0 Å². The number of hydrogen-bond acceptors (Lipinski definition) is 6. The number of nitro groups is 1. The molecule has 1 heterocycles. The molecule has 0 saturated carbocycles. The van der Waals surface area contributed by atoms with Crippen molar-refractivity contribution in [2.75, 3.05) is 5.43 Å². The van der Waals surface area contributed by atoms with Crippen LogP contribution in [-0.4, -0.2) is 21.2 Å². The number of para-hydroxylation sites is 1. The number of phenols is 1. The van der Waals surface area contributed by atoms with Crippen LogP contribution >= 0.6 is 0 Å². The molecular weight excluding hydrogens is 308 g/mol. The van der Waals surface area contributed by atoms with Crippen LogP contribution in [0.25, 0.3) is 10.9 Å². The number of pyridine rings is 1. The Kier molecular flexibility index (Phi) is 4.07. The Hall–Kier alpha value is -3.48. The normalized spacial score (nSPS) is 11.0. The molecule has 0 atom stereocenters. The first kappa shape index (κ1) is 15.4. The third-order valence-corrected chi connectivity index (χ3v) is 3.53. The molecule has 1 aromatic heterocycles. The number of rotatable bonds is 4. The average molecular weight is 322 g/mol. The summed E-state index contributed by atoms with van der Waals surface area (Å²) in [6, 6.07) is 13.4. The number of nitrogens with zero attached hydrogens (tertiary/aromatic N) is 3. The first-order valence-electron chi connectivity index (χ1n) is 7.17. The van der Waals surface area contributed by atoms with Crippen LogP contribution in [0.1, 0.15) is 11.1 Å². The lowest BCUT2D eigenvalue weighted by molar-refractivity contribution is -0.384. The molecule has 0 bridgehead atoms. The topological polar surface area (TPSA) is 101 Å². The molecule has 0 spiro atoms. The van der Waals surface area contributed by atoms with E-state index in [2.05, 4.69) is 15.5 Å². The fourth-order valence-corrected chi connectivity index (χ4v) is 2.33. The van der Waals surface area contributed by atoms with Gasteiger partial charge in [0.05, 0.1) is 16.7 Å². The van der Waals surface area contributed by atoms with Crippen molar-refractivity contribution in [2.24, 2.45) is 5.10 Å². The van der Waals surface area contributed by atoms with Gasteiger partial charge >= 0.3 is 0 Å². The number of benzene rings is 2. The molecule has 0 saturated heterocycles. The molecule has 0 aliphatic carbocycles. The van der Waals surface area contributed by atoms with Crippen molar-refractivity contribution in [3.8, 4) is 5.75 Å². The molecule has 3 aromatic rings. The SMILES string of the molecule is Cc1cc(N/N=C\c2cc([N+](=O)[O-])ccc2O)nc2ccccc12. The summed E-state index contributed by atoms with van der Waals surface area (Å²) in [6.45, 7) is 1.98. The largest absolute Gasteiger partial charge is 0.507 e. The minimum Gasteiger partial charge on any atom is -0.507 e. The number of aromatic hydroxyl groups is 1. The highest BCUT2D eigenvalue weighted by Crippen LogP contribution is 2.22. The van der Waals surface area contributed by atoms with Gasteiger partial charge in [0.25, 0.3) is 5.69 Å². The summed E-state index contributed by atoms with van der Waals surface area (Å²) in [6.07, 6.45) is 1.31. The maximum atomic E-state index is 10.8. The van der Waals surface area contributed by atoms with E-state index in [1.807, 2.05) is 37.3 Å². The van der Waals surface area contributed by atoms with Crippen LogP contribution in [-0.2, 0) is 0 Å². The lowest BCUT2D eigenvalue weighted by atomic mass is 10.1. The number of anilines is 1. The van der Waals surface area contributed by atoms with Crippen LogP contribution in [0.4, 0.5) is 11.5 Å². The van der Waals surface area contributed by atoms with Gasteiger partial charge in [-0.05, 0) is 30.7 Å². The van der Waals surface area contributed by atoms with E-state index >= 15 is 0 Å². The van der Waals surface area contributed by atoms with Gasteiger partial charge in [-0.2, -0.15) is 5.10 Å². The van der Waals surface area contributed by atoms with Crippen LogP contribution in [0.2, 0.25) is 0 Å². The Bertz CT molecular complexity index is 954. The van der Waals surface area contributed by atoms with Gasteiger partial charge in [0.2, 0.25) is 0 Å². The Morgan fingerprint density at radius 1 is 1.25 bits per heavy atom. The predicted molar refractivity (Wildman–Crippen MR) is 92.5 cm³/mol. The van der Waals surface area contributed by atoms with Crippen molar-refractivity contribution in [1.29, 1.82) is 0 Å². The molecule has 2 N–H and O–H groups in total. The van der Waals surface area contributed by atoms with Crippen LogP contribution < -0.4 is 5.43 Å². The molecule has 7 heteroatoms. The molecule has 120 valence electrons. The van der Waals surface area contributed by atoms with Crippen molar-refractivity contribution in [3.05, 3.63) is 69.8 Å². The number of hydrazone groups is 1. The van der Waals surface area contributed by atoms with Crippen LogP contribution in [0, 0.1) is 17.0 Å². The van der Waals surface area contributed by atoms with E-state index in [1.54, 1.807) is 0 Å². The highest BCUT2D eigenvalue weighted by molar-refractivity contribution is 5.86. The summed E-state index contributed by atoms with van der Waals surface area (Å²) in [5.74, 6) is 0.459. The molecule has 0 amide bonds. The summed E-state index contributed by atoms with van der Waals surface area (Å²) >= 11 is 0. The number of fused-ring (bicyclic) bond motifs is 1. The molecule has 0 aliphatic rings. The molecular formula is C17H14N4O3. The standard InChI is InChI=1S/C17H14N4O3/c1-11-8-17(19-15-5-3-2-4-14(11)15)20-18-10-12-9-13(21(23)24)6-7-16(12)22/h2-10,22H,1H3,(H,19,20)/b18-10-. The summed E-state index contributed by atoms with van der Waals surface area (Å²) < 4.78 is 0. The van der Waals surface area contributed by atoms with E-state index in [0.29, 0.717) is 5.82 Å². The number of nitrogens with one attached hydrogen (secondary N) is 1. The van der Waals surface area contributed by atoms with E-state index in [1.165, 1.54) is 24.4 Å². The second-order valence-corrected chi connectivity index (χ2v) is 5.21. The van der Waals surface area contributed by atoms with Gasteiger partial charge in [0.15, 0.2) is 0 Å². The Morgan fingerprint density at radius 2 is 2.04 bits per heavy atom. The minimum atomic E-state index is -0.529. The number of phenolic OH excluding ortho intramolecular Hbond substituents is 1. The molecule has 0 radical (unpaired) electrons. The lowest BCUT2D eigenvalue weighted by Gasteiger charge is -2.05. The number of nitro benzene ring substituents is 1. The monoisotopic (exact) mass is 322 g/mol. The van der Waals surface area contributed by atoms with E-state index in [0.717, 1.165) is 16.5 Å². The lowest BCUT2D eigenvalue weighted by Crippen LogP contribution is -1.96. The van der Waals surface area contributed by atoms with Gasteiger partial charge < -0.3 is 5.11 Å². The Balaban J connectivity index is 1.84. The molecule has 0 fully saturated rings. The number of aromatic nitrogens is 1. The highest BCUT2D eigenvalue weighted by atomic mass is 16.6. The average Bonchev–Trinajstić information content (AvgIpc) is 2.56. The van der Waals surface area contributed by atoms with Gasteiger partial charge in [0.1, 0.15) is 11.6 Å². The second-order valence-electron chi connectivity index (χ2n) is 5.21. The molecule has 24 heavy (non-hydrogen) atoms. The zero-order valence-corrected chi connectivity index (χ0v) is 12.8. The zero-order valence-electron chi connectivity index (χ0n) is 12.8. The van der Waals surface area contributed by atoms with E-state index in [9.17, 15) is 15.2 Å². The Morgan fingerprint density at radius 3 is 2.83 bits per heavy atom. The van der Waals surface area contributed by atoms with Crippen molar-refractivity contribution in [3.63, 3.8) is 0 Å². The molecule has 3 rings (SSSR count). The highest BCUT2D eigenvalue weighted by Gasteiger charge is 2.08. The number of aryl methyl sites for hydroxylation is 1. The van der Waals surface area contributed by atoms with Gasteiger partial charge in [-0.15, -0.1) is 0 Å². The second kappa shape index (κ2) is 6.33. The van der Waals surface area contributed by atoms with Crippen LogP contribution in [0.3, 0.4) is 0 Å². The molecule has 0 aliphatic heterocycles. The van der Waals surface area contributed by atoms with Gasteiger partial charge in [-0.3, -0.25) is 15.5 Å². The number of non-ortho nitro benzene ring substituents is 1. The minimum absolute atomic E-state index is 0.0891. The van der Waals surface area contributed by atoms with Crippen molar-refractivity contribution in [2.45, 2.75) is 6.92 Å². The van der Waals surface area contributed by atoms with Crippen molar-refractivity contribution < 1.29 is 10.0 Å². The van der Waals surface area contributed by atoms with E-state index in [4.69, 9.17) is 0 Å². The maximum absolute atomic E-state index is 10.8. The summed E-state index contributed by atoms with van der Waals surface area (Å²) in [5.41, 5.74) is 4.80. The van der Waals surface area contributed by atoms with Gasteiger partial charge in [-0.25, -0.2) is 4.98 Å². The van der Waals surface area contributed by atoms with Crippen LogP contribution in [0.5, 0.6) is 5.75 Å². The maximum Gasteiger partial charge on any atom is 0.270 e. The predicted octanol–water partition coefficient (Wildman–Crippen LogP) is 3.60. The fraction of sp³-hybridized carbons (Fsp3) is 0.0588. The molecule has 2 aromatic carbocycles. The van der Waals surface area contributed by atoms with Gasteiger partial charge in [-0.1, -0.05) is 18.2 Å². The fourth-order valence-electron chi connectivity index (χ4n) is 2.33. The zero-order chi connectivity index (χ0) is 17.1. The quantitative estimate of drug-likeness (QED) is 0.434. The Labute approximate surface area is 137 Å². The summed E-state index contributed by atoms with van der Waals surface area (Å²) in [5, 5.41) is 25.6. The third-order valence-electron chi connectivity index (χ3n) is 3.53.